The number of benzene rings is 7. The minimum atomic E-state index is -0.263. The third-order valence-electron chi connectivity index (χ3n) is 13.4. The SMILES string of the molecule is CC(C)c1ccc(-c2csc3c2CCC=C3)cc1.Cc1ccc(-c2nc3ccccc3n2C2=CC=CCC2)cc1.Cc1ccc2c(c1)C(c1ccccc1)(c1ccccc1)c1ccccc1-2. The highest BCUT2D eigenvalue weighted by molar-refractivity contribution is 7.11. The zero-order valence-corrected chi connectivity index (χ0v) is 39.2. The van der Waals surface area contributed by atoms with Crippen molar-refractivity contribution in [3.8, 4) is 33.6 Å². The molecule has 2 aromatic heterocycles. The Labute approximate surface area is 395 Å². The van der Waals surface area contributed by atoms with Crippen LogP contribution in [0.3, 0.4) is 0 Å². The van der Waals surface area contributed by atoms with E-state index in [-0.39, 0.29) is 5.41 Å². The summed E-state index contributed by atoms with van der Waals surface area (Å²) in [5.41, 5.74) is 20.9. The van der Waals surface area contributed by atoms with E-state index >= 15 is 0 Å². The first-order chi connectivity index (χ1) is 32.4. The Balaban J connectivity index is 0.000000118. The number of hydrogen-bond donors (Lipinski definition) is 0. The van der Waals surface area contributed by atoms with Crippen molar-refractivity contribution in [2.45, 2.75) is 64.7 Å². The normalized spacial score (nSPS) is 14.0. The highest BCUT2D eigenvalue weighted by Crippen LogP contribution is 2.56. The second-order valence-corrected chi connectivity index (χ2v) is 18.9. The lowest BCUT2D eigenvalue weighted by atomic mass is 9.67. The van der Waals surface area contributed by atoms with Crippen LogP contribution in [0.25, 0.3) is 56.4 Å². The van der Waals surface area contributed by atoms with Crippen LogP contribution in [-0.4, -0.2) is 9.55 Å². The number of imidazole rings is 1. The number of rotatable bonds is 6. The standard InChI is InChI=1S/C26H20.C20H18N2.C17H18S/c1-19-16-17-23-22-14-8-9-15-24(22)26(25(23)18-19,20-10-4-2-5-11-20)21-12-6-3-7-13-21;1-15-11-13-16(14-12-15)20-21-18-9-5-6-10-19(18)22(20)17-7-3-2-4-8-17;1-12(2)13-7-9-14(10-8-13)16-11-18-17-6-4-3-5-15(16)17/h2-18H,1H3;2-3,5-7,9-14H,4,8H2,1H3;4,6-12H,3,5H2,1-2H3. The van der Waals surface area contributed by atoms with Gasteiger partial charge in [-0.1, -0.05) is 207 Å². The first-order valence-corrected chi connectivity index (χ1v) is 24.4. The van der Waals surface area contributed by atoms with Crippen LogP contribution in [0.5, 0.6) is 0 Å². The first kappa shape index (κ1) is 42.9. The lowest BCUT2D eigenvalue weighted by molar-refractivity contribution is 0.767. The van der Waals surface area contributed by atoms with Crippen molar-refractivity contribution in [3.05, 3.63) is 255 Å². The molecule has 324 valence electrons. The second-order valence-electron chi connectivity index (χ2n) is 18.0. The Morgan fingerprint density at radius 2 is 1.21 bits per heavy atom. The van der Waals surface area contributed by atoms with E-state index in [1.165, 1.54) is 90.1 Å². The number of para-hydroxylation sites is 2. The van der Waals surface area contributed by atoms with Crippen molar-refractivity contribution in [1.82, 2.24) is 9.55 Å². The molecule has 0 saturated carbocycles. The molecule has 2 nitrogen and oxygen atoms in total. The van der Waals surface area contributed by atoms with Crippen LogP contribution in [0.4, 0.5) is 0 Å². The fourth-order valence-electron chi connectivity index (χ4n) is 10.1. The average molecular weight is 873 g/mol. The maximum absolute atomic E-state index is 4.89. The molecule has 7 aromatic carbocycles. The predicted molar refractivity (Wildman–Crippen MR) is 282 cm³/mol. The lowest BCUT2D eigenvalue weighted by Crippen LogP contribution is -2.28. The van der Waals surface area contributed by atoms with Gasteiger partial charge in [0.2, 0.25) is 0 Å². The molecule has 0 bridgehead atoms. The van der Waals surface area contributed by atoms with Crippen molar-refractivity contribution >= 4 is 34.1 Å². The van der Waals surface area contributed by atoms with E-state index in [4.69, 9.17) is 4.98 Å². The fourth-order valence-corrected chi connectivity index (χ4v) is 11.1. The van der Waals surface area contributed by atoms with Crippen LogP contribution in [0, 0.1) is 13.8 Å². The molecule has 0 saturated heterocycles. The van der Waals surface area contributed by atoms with E-state index in [0.29, 0.717) is 5.92 Å². The Morgan fingerprint density at radius 1 is 0.576 bits per heavy atom. The minimum absolute atomic E-state index is 0.263. The van der Waals surface area contributed by atoms with Crippen molar-refractivity contribution < 1.29 is 0 Å². The molecular formula is C63H56N2S. The molecule has 3 aliphatic rings. The molecule has 2 heterocycles. The summed E-state index contributed by atoms with van der Waals surface area (Å²) in [5, 5.41) is 2.31. The third kappa shape index (κ3) is 8.14. The number of nitrogens with zero attached hydrogens (tertiary/aromatic N) is 2. The Bertz CT molecular complexity index is 3170. The summed E-state index contributed by atoms with van der Waals surface area (Å²) < 4.78 is 2.31. The molecule has 0 atom stereocenters. The van der Waals surface area contributed by atoms with E-state index in [9.17, 15) is 0 Å². The molecule has 66 heavy (non-hydrogen) atoms. The predicted octanol–water partition coefficient (Wildman–Crippen LogP) is 17.1. The van der Waals surface area contributed by atoms with Crippen molar-refractivity contribution in [2.75, 3.05) is 0 Å². The molecule has 9 aromatic rings. The molecule has 0 N–H and O–H groups in total. The summed E-state index contributed by atoms with van der Waals surface area (Å²) in [6, 6.07) is 63.7. The maximum Gasteiger partial charge on any atom is 0.145 e. The molecule has 0 spiro atoms. The molecule has 0 unspecified atom stereocenters. The van der Waals surface area contributed by atoms with E-state index < -0.39 is 0 Å². The summed E-state index contributed by atoms with van der Waals surface area (Å²) in [7, 11) is 0. The number of thiophene rings is 1. The average Bonchev–Trinajstić information content (AvgIpc) is 4.07. The number of hydrogen-bond acceptors (Lipinski definition) is 2. The highest BCUT2D eigenvalue weighted by Gasteiger charge is 2.45. The number of fused-ring (bicyclic) bond motifs is 5. The zero-order chi connectivity index (χ0) is 45.0. The van der Waals surface area contributed by atoms with Crippen molar-refractivity contribution in [2.24, 2.45) is 0 Å². The summed E-state index contributed by atoms with van der Waals surface area (Å²) in [5.74, 6) is 1.64. The summed E-state index contributed by atoms with van der Waals surface area (Å²) in [6.45, 7) is 8.78. The molecule has 0 amide bonds. The van der Waals surface area contributed by atoms with Gasteiger partial charge in [-0.25, -0.2) is 4.98 Å². The summed E-state index contributed by atoms with van der Waals surface area (Å²) >= 11 is 1.87. The Morgan fingerprint density at radius 3 is 1.92 bits per heavy atom. The van der Waals surface area contributed by atoms with Gasteiger partial charge >= 0.3 is 0 Å². The van der Waals surface area contributed by atoms with Crippen molar-refractivity contribution in [3.63, 3.8) is 0 Å². The van der Waals surface area contributed by atoms with Gasteiger partial charge in [0.15, 0.2) is 0 Å². The molecule has 3 heteroatoms. The van der Waals surface area contributed by atoms with Crippen LogP contribution in [0.1, 0.15) is 88.4 Å². The van der Waals surface area contributed by atoms with E-state index in [2.05, 4.69) is 238 Å². The molecule has 0 aliphatic heterocycles. The van der Waals surface area contributed by atoms with Crippen LogP contribution >= 0.6 is 11.3 Å². The van der Waals surface area contributed by atoms with Crippen LogP contribution in [-0.2, 0) is 11.8 Å². The quantitative estimate of drug-likeness (QED) is 0.163. The van der Waals surface area contributed by atoms with Gasteiger partial charge in [-0.05, 0) is 131 Å². The lowest BCUT2D eigenvalue weighted by Gasteiger charge is -2.34. The monoisotopic (exact) mass is 872 g/mol. The molecule has 3 aliphatic carbocycles. The number of aromatic nitrogens is 2. The van der Waals surface area contributed by atoms with Crippen LogP contribution in [0.2, 0.25) is 0 Å². The Hall–Kier alpha value is -7.07. The van der Waals surface area contributed by atoms with Crippen LogP contribution < -0.4 is 0 Å². The van der Waals surface area contributed by atoms with Gasteiger partial charge in [0.05, 0.1) is 16.4 Å². The summed E-state index contributed by atoms with van der Waals surface area (Å²) in [4.78, 5) is 6.33. The minimum Gasteiger partial charge on any atom is -0.296 e. The second kappa shape index (κ2) is 18.8. The fraction of sp³-hybridized carbons (Fsp3) is 0.159. The largest absolute Gasteiger partial charge is 0.296 e. The van der Waals surface area contributed by atoms with Crippen LogP contribution in [0.15, 0.2) is 206 Å². The van der Waals surface area contributed by atoms with E-state index in [0.717, 1.165) is 29.7 Å². The zero-order valence-electron chi connectivity index (χ0n) is 38.4. The first-order valence-electron chi connectivity index (χ1n) is 23.5. The van der Waals surface area contributed by atoms with Gasteiger partial charge in [0.1, 0.15) is 5.82 Å². The number of aryl methyl sites for hydroxylation is 2. The Kier molecular flexibility index (Phi) is 12.2. The van der Waals surface area contributed by atoms with Gasteiger partial charge in [-0.3, -0.25) is 4.57 Å². The van der Waals surface area contributed by atoms with E-state index in [1.807, 2.05) is 17.4 Å². The highest BCUT2D eigenvalue weighted by atomic mass is 32.1. The molecular weight excluding hydrogens is 817 g/mol. The van der Waals surface area contributed by atoms with Crippen molar-refractivity contribution in [1.29, 1.82) is 0 Å². The molecule has 0 radical (unpaired) electrons. The molecule has 0 fully saturated rings. The van der Waals surface area contributed by atoms with Gasteiger partial charge in [-0.15, -0.1) is 11.3 Å². The van der Waals surface area contributed by atoms with Gasteiger partial charge in [0.25, 0.3) is 0 Å². The smallest absolute Gasteiger partial charge is 0.145 e. The van der Waals surface area contributed by atoms with Gasteiger partial charge in [0, 0.05) is 16.1 Å². The summed E-state index contributed by atoms with van der Waals surface area (Å²) in [6.07, 6.45) is 15.6. The van der Waals surface area contributed by atoms with E-state index in [1.54, 1.807) is 5.56 Å². The molecule has 12 rings (SSSR count). The number of allylic oxidation sites excluding steroid dienone is 5. The maximum atomic E-state index is 4.89. The third-order valence-corrected chi connectivity index (χ3v) is 14.4. The topological polar surface area (TPSA) is 17.8 Å². The van der Waals surface area contributed by atoms with Gasteiger partial charge in [-0.2, -0.15) is 0 Å². The van der Waals surface area contributed by atoms with Gasteiger partial charge < -0.3 is 0 Å².